The van der Waals surface area contributed by atoms with Gasteiger partial charge in [0.1, 0.15) is 0 Å². The van der Waals surface area contributed by atoms with Crippen LogP contribution in [0.4, 0.5) is 0 Å². The Kier molecular flexibility index (Phi) is 7.23. The highest BCUT2D eigenvalue weighted by Crippen LogP contribution is 2.16. The van der Waals surface area contributed by atoms with Crippen molar-refractivity contribution in [3.05, 3.63) is 0 Å². The van der Waals surface area contributed by atoms with Crippen LogP contribution in [0, 0.1) is 5.92 Å². The number of carbonyl (C=O) groups is 1. The van der Waals surface area contributed by atoms with Gasteiger partial charge in [-0.05, 0) is 25.3 Å². The lowest BCUT2D eigenvalue weighted by atomic mass is 10.0. The number of carbonyl (C=O) groups excluding carboxylic acids is 1. The van der Waals surface area contributed by atoms with Crippen molar-refractivity contribution in [1.29, 1.82) is 0 Å². The highest BCUT2D eigenvalue weighted by Gasteiger charge is 2.32. The van der Waals surface area contributed by atoms with Crippen molar-refractivity contribution in [3.8, 4) is 0 Å². The fraction of sp³-hybridized carbons (Fsp3) is 0.923. The van der Waals surface area contributed by atoms with Crippen molar-refractivity contribution in [1.82, 2.24) is 10.2 Å². The first kappa shape index (κ1) is 15.4. The number of nitrogens with one attached hydrogen (secondary N) is 1. The molecule has 5 nitrogen and oxygen atoms in total. The first-order valence-corrected chi connectivity index (χ1v) is 6.70. The van der Waals surface area contributed by atoms with Crippen LogP contribution in [-0.2, 0) is 14.3 Å². The molecule has 18 heavy (non-hydrogen) atoms. The summed E-state index contributed by atoms with van der Waals surface area (Å²) < 4.78 is 10.1. The second-order valence-corrected chi connectivity index (χ2v) is 4.86. The standard InChI is InChI=1S/C13H26N2O3/c1-11-5-6-14-12(11)13(16)15(8-10-18-3)7-4-9-17-2/h11-12,14H,4-10H2,1-3H3. The molecular formula is C13H26N2O3. The predicted octanol–water partition coefficient (Wildman–Crippen LogP) is 0.496. The maximum atomic E-state index is 12.4. The average molecular weight is 258 g/mol. The van der Waals surface area contributed by atoms with Crippen LogP contribution in [-0.4, -0.2) is 63.9 Å². The quantitative estimate of drug-likeness (QED) is 0.644. The molecule has 0 aromatic carbocycles. The first-order valence-electron chi connectivity index (χ1n) is 6.70. The Morgan fingerprint density at radius 2 is 2.00 bits per heavy atom. The molecule has 0 bridgehead atoms. The monoisotopic (exact) mass is 258 g/mol. The number of rotatable bonds is 8. The summed E-state index contributed by atoms with van der Waals surface area (Å²) in [5.74, 6) is 0.623. The van der Waals surface area contributed by atoms with Gasteiger partial charge in [-0.1, -0.05) is 6.92 Å². The molecule has 0 aromatic rings. The molecular weight excluding hydrogens is 232 g/mol. The van der Waals surface area contributed by atoms with E-state index < -0.39 is 0 Å². The lowest BCUT2D eigenvalue weighted by Crippen LogP contribution is -2.47. The Morgan fingerprint density at radius 1 is 1.28 bits per heavy atom. The Labute approximate surface area is 110 Å². The molecule has 0 saturated carbocycles. The number of amides is 1. The van der Waals surface area contributed by atoms with Crippen molar-refractivity contribution >= 4 is 5.91 Å². The number of hydrogen-bond donors (Lipinski definition) is 1. The van der Waals surface area contributed by atoms with Gasteiger partial charge in [0.2, 0.25) is 5.91 Å². The van der Waals surface area contributed by atoms with Crippen LogP contribution in [0.1, 0.15) is 19.8 Å². The minimum Gasteiger partial charge on any atom is -0.385 e. The summed E-state index contributed by atoms with van der Waals surface area (Å²) in [6.45, 7) is 5.73. The van der Waals surface area contributed by atoms with Gasteiger partial charge in [-0.2, -0.15) is 0 Å². The number of ether oxygens (including phenoxy) is 2. The summed E-state index contributed by atoms with van der Waals surface area (Å²) in [4.78, 5) is 14.3. The zero-order valence-electron chi connectivity index (χ0n) is 11.8. The van der Waals surface area contributed by atoms with E-state index in [1.165, 1.54) is 0 Å². The summed E-state index contributed by atoms with van der Waals surface area (Å²) in [5.41, 5.74) is 0. The molecule has 0 radical (unpaired) electrons. The Morgan fingerprint density at radius 3 is 2.56 bits per heavy atom. The lowest BCUT2D eigenvalue weighted by molar-refractivity contribution is -0.134. The van der Waals surface area contributed by atoms with E-state index in [1.54, 1.807) is 14.2 Å². The van der Waals surface area contributed by atoms with E-state index in [1.807, 2.05) is 4.90 Å². The summed E-state index contributed by atoms with van der Waals surface area (Å²) in [5, 5.41) is 3.29. The van der Waals surface area contributed by atoms with Crippen LogP contribution in [0.15, 0.2) is 0 Å². The van der Waals surface area contributed by atoms with Crippen molar-refractivity contribution in [2.45, 2.75) is 25.8 Å². The fourth-order valence-electron chi connectivity index (χ4n) is 2.30. The van der Waals surface area contributed by atoms with Crippen LogP contribution in [0.3, 0.4) is 0 Å². The second-order valence-electron chi connectivity index (χ2n) is 4.86. The minimum absolute atomic E-state index is 0.0237. The molecule has 1 heterocycles. The van der Waals surface area contributed by atoms with Gasteiger partial charge in [-0.3, -0.25) is 4.79 Å². The molecule has 1 amide bonds. The molecule has 0 spiro atoms. The van der Waals surface area contributed by atoms with E-state index >= 15 is 0 Å². The van der Waals surface area contributed by atoms with Gasteiger partial charge >= 0.3 is 0 Å². The Balaban J connectivity index is 2.48. The van der Waals surface area contributed by atoms with E-state index in [2.05, 4.69) is 12.2 Å². The van der Waals surface area contributed by atoms with E-state index in [9.17, 15) is 4.79 Å². The molecule has 1 saturated heterocycles. The summed E-state index contributed by atoms with van der Waals surface area (Å²) in [7, 11) is 3.34. The van der Waals surface area contributed by atoms with Crippen molar-refractivity contribution in [3.63, 3.8) is 0 Å². The van der Waals surface area contributed by atoms with Crippen molar-refractivity contribution < 1.29 is 14.3 Å². The zero-order valence-corrected chi connectivity index (χ0v) is 11.8. The lowest BCUT2D eigenvalue weighted by Gasteiger charge is -2.27. The van der Waals surface area contributed by atoms with E-state index in [4.69, 9.17) is 9.47 Å². The topological polar surface area (TPSA) is 50.8 Å². The van der Waals surface area contributed by atoms with Gasteiger partial charge < -0.3 is 19.7 Å². The van der Waals surface area contributed by atoms with Crippen molar-refractivity contribution in [2.75, 3.05) is 47.1 Å². The minimum atomic E-state index is -0.0237. The molecule has 0 aromatic heterocycles. The van der Waals surface area contributed by atoms with Crippen LogP contribution in [0.2, 0.25) is 0 Å². The normalized spacial score (nSPS) is 23.3. The van der Waals surface area contributed by atoms with Gasteiger partial charge in [0.05, 0.1) is 12.6 Å². The third-order valence-electron chi connectivity index (χ3n) is 3.45. The van der Waals surface area contributed by atoms with Crippen LogP contribution < -0.4 is 5.32 Å². The third kappa shape index (κ3) is 4.55. The molecule has 1 aliphatic heterocycles. The zero-order chi connectivity index (χ0) is 13.4. The van der Waals surface area contributed by atoms with Gasteiger partial charge in [0.15, 0.2) is 0 Å². The number of hydrogen-bond acceptors (Lipinski definition) is 4. The van der Waals surface area contributed by atoms with Crippen LogP contribution in [0.25, 0.3) is 0 Å². The smallest absolute Gasteiger partial charge is 0.240 e. The molecule has 2 atom stereocenters. The summed E-state index contributed by atoms with van der Waals surface area (Å²) in [6.07, 6.45) is 1.94. The largest absolute Gasteiger partial charge is 0.385 e. The SMILES string of the molecule is COCCCN(CCOC)C(=O)C1NCCC1C. The second kappa shape index (κ2) is 8.45. The Hall–Kier alpha value is -0.650. The highest BCUT2D eigenvalue weighted by molar-refractivity contribution is 5.82. The first-order chi connectivity index (χ1) is 8.70. The molecule has 2 unspecified atom stereocenters. The molecule has 0 aliphatic carbocycles. The molecule has 5 heteroatoms. The number of nitrogens with zero attached hydrogens (tertiary/aromatic N) is 1. The maximum absolute atomic E-state index is 12.4. The fourth-order valence-corrected chi connectivity index (χ4v) is 2.30. The van der Waals surface area contributed by atoms with Gasteiger partial charge in [-0.25, -0.2) is 0 Å². The predicted molar refractivity (Wildman–Crippen MR) is 70.5 cm³/mol. The molecule has 106 valence electrons. The summed E-state index contributed by atoms with van der Waals surface area (Å²) >= 11 is 0. The third-order valence-corrected chi connectivity index (χ3v) is 3.45. The van der Waals surface area contributed by atoms with Gasteiger partial charge in [0, 0.05) is 33.9 Å². The van der Waals surface area contributed by atoms with E-state index in [0.29, 0.717) is 25.7 Å². The molecule has 1 aliphatic rings. The average Bonchev–Trinajstić information content (AvgIpc) is 2.79. The maximum Gasteiger partial charge on any atom is 0.240 e. The van der Waals surface area contributed by atoms with E-state index in [-0.39, 0.29) is 11.9 Å². The van der Waals surface area contributed by atoms with Gasteiger partial charge in [-0.15, -0.1) is 0 Å². The van der Waals surface area contributed by atoms with Crippen LogP contribution >= 0.6 is 0 Å². The molecule has 1 N–H and O–H groups in total. The number of methoxy groups -OCH3 is 2. The van der Waals surface area contributed by atoms with Crippen molar-refractivity contribution in [2.24, 2.45) is 5.92 Å². The van der Waals surface area contributed by atoms with E-state index in [0.717, 1.165) is 25.9 Å². The van der Waals surface area contributed by atoms with Gasteiger partial charge in [0.25, 0.3) is 0 Å². The summed E-state index contributed by atoms with van der Waals surface area (Å²) in [6, 6.07) is -0.0237. The van der Waals surface area contributed by atoms with Crippen LogP contribution in [0.5, 0.6) is 0 Å². The molecule has 1 fully saturated rings. The highest BCUT2D eigenvalue weighted by atomic mass is 16.5. The Bertz CT molecular complexity index is 248. The molecule has 1 rings (SSSR count).